The van der Waals surface area contributed by atoms with Gasteiger partial charge in [0.05, 0.1) is 6.61 Å². The van der Waals surface area contributed by atoms with E-state index in [0.29, 0.717) is 6.61 Å². The molecular formula is C19H29NO3. The van der Waals surface area contributed by atoms with Gasteiger partial charge < -0.3 is 9.84 Å². The van der Waals surface area contributed by atoms with Crippen LogP contribution in [0.2, 0.25) is 0 Å². The van der Waals surface area contributed by atoms with Crippen molar-refractivity contribution >= 4 is 5.97 Å². The van der Waals surface area contributed by atoms with Crippen LogP contribution in [0.25, 0.3) is 0 Å². The quantitative estimate of drug-likeness (QED) is 0.848. The Hall–Kier alpha value is -1.39. The van der Waals surface area contributed by atoms with E-state index in [2.05, 4.69) is 49.9 Å². The molecule has 0 radical (unpaired) electrons. The zero-order valence-electron chi connectivity index (χ0n) is 14.7. The number of likely N-dealkylation sites (tertiary alicyclic amines) is 1. The number of carbonyl (C=O) groups excluding carboxylic acids is 1. The van der Waals surface area contributed by atoms with Crippen LogP contribution in [0.5, 0.6) is 0 Å². The Bertz CT molecular complexity index is 518. The summed E-state index contributed by atoms with van der Waals surface area (Å²) in [6, 6.07) is 9.03. The Morgan fingerprint density at radius 3 is 2.35 bits per heavy atom. The van der Waals surface area contributed by atoms with Crippen molar-refractivity contribution in [1.82, 2.24) is 4.90 Å². The number of nitrogens with zero attached hydrogens (tertiary/aromatic N) is 1. The largest absolute Gasteiger partial charge is 0.464 e. The fourth-order valence-electron chi connectivity index (χ4n) is 3.18. The average Bonchev–Trinajstić information content (AvgIpc) is 2.86. The third-order valence-electron chi connectivity index (χ3n) is 4.65. The van der Waals surface area contributed by atoms with E-state index in [1.54, 1.807) is 0 Å². The molecule has 0 spiro atoms. The van der Waals surface area contributed by atoms with Crippen LogP contribution in [-0.4, -0.2) is 41.3 Å². The molecule has 1 aromatic carbocycles. The predicted octanol–water partition coefficient (Wildman–Crippen LogP) is 2.87. The Labute approximate surface area is 139 Å². The van der Waals surface area contributed by atoms with Crippen LogP contribution in [0.15, 0.2) is 24.3 Å². The van der Waals surface area contributed by atoms with E-state index in [1.807, 2.05) is 0 Å². The summed E-state index contributed by atoms with van der Waals surface area (Å²) in [4.78, 5) is 13.3. The van der Waals surface area contributed by atoms with Crippen LogP contribution in [0.1, 0.15) is 51.7 Å². The summed E-state index contributed by atoms with van der Waals surface area (Å²) in [5.41, 5.74) is 2.70. The monoisotopic (exact) mass is 319 g/mol. The Morgan fingerprint density at radius 1 is 1.22 bits per heavy atom. The second kappa shape index (κ2) is 7.45. The van der Waals surface area contributed by atoms with Gasteiger partial charge in [-0.25, -0.2) is 0 Å². The van der Waals surface area contributed by atoms with E-state index in [4.69, 9.17) is 4.74 Å². The maximum atomic E-state index is 11.1. The highest BCUT2D eigenvalue weighted by molar-refractivity contribution is 5.65. The number of esters is 1. The zero-order valence-corrected chi connectivity index (χ0v) is 14.7. The van der Waals surface area contributed by atoms with Crippen LogP contribution in [-0.2, 0) is 21.5 Å². The summed E-state index contributed by atoms with van der Waals surface area (Å²) in [6.45, 7) is 9.40. The molecule has 0 bridgehead atoms. The van der Waals surface area contributed by atoms with Crippen molar-refractivity contribution in [1.29, 1.82) is 0 Å². The third kappa shape index (κ3) is 4.79. The molecule has 1 aliphatic heterocycles. The maximum Gasteiger partial charge on any atom is 0.302 e. The van der Waals surface area contributed by atoms with Gasteiger partial charge in [-0.1, -0.05) is 45.0 Å². The molecule has 0 saturated carbocycles. The van der Waals surface area contributed by atoms with Crippen LogP contribution in [0.3, 0.4) is 0 Å². The van der Waals surface area contributed by atoms with Gasteiger partial charge in [0.2, 0.25) is 0 Å². The molecule has 1 aliphatic rings. The Kier molecular flexibility index (Phi) is 5.82. The smallest absolute Gasteiger partial charge is 0.302 e. The van der Waals surface area contributed by atoms with E-state index >= 15 is 0 Å². The molecule has 2 rings (SSSR count). The average molecular weight is 319 g/mol. The second-order valence-electron chi connectivity index (χ2n) is 7.49. The standard InChI is InChI=1S/C19H29NO3/c1-14(22)23-13-18-10-9-17(12-21)20(18)11-15-5-7-16(8-6-15)19(2,3)4/h5-8,17-18,21H,9-13H2,1-4H3. The van der Waals surface area contributed by atoms with Gasteiger partial charge in [-0.3, -0.25) is 9.69 Å². The molecule has 1 heterocycles. The SMILES string of the molecule is CC(=O)OCC1CCC(CO)N1Cc1ccc(C(C)(C)C)cc1. The number of hydrogen-bond acceptors (Lipinski definition) is 4. The van der Waals surface area contributed by atoms with Gasteiger partial charge in [0.15, 0.2) is 0 Å². The van der Waals surface area contributed by atoms with Gasteiger partial charge in [-0.05, 0) is 29.4 Å². The molecule has 128 valence electrons. The van der Waals surface area contributed by atoms with Gasteiger partial charge in [-0.15, -0.1) is 0 Å². The molecule has 0 amide bonds. The fraction of sp³-hybridized carbons (Fsp3) is 0.632. The van der Waals surface area contributed by atoms with E-state index in [1.165, 1.54) is 18.1 Å². The Morgan fingerprint density at radius 2 is 1.83 bits per heavy atom. The zero-order chi connectivity index (χ0) is 17.0. The molecule has 23 heavy (non-hydrogen) atoms. The summed E-state index contributed by atoms with van der Waals surface area (Å²) in [7, 11) is 0. The van der Waals surface area contributed by atoms with Crippen LogP contribution in [0.4, 0.5) is 0 Å². The van der Waals surface area contributed by atoms with Gasteiger partial charge in [0.25, 0.3) is 0 Å². The lowest BCUT2D eigenvalue weighted by molar-refractivity contribution is -0.142. The molecule has 2 unspecified atom stereocenters. The molecule has 2 atom stereocenters. The number of benzene rings is 1. The molecule has 1 N–H and O–H groups in total. The maximum absolute atomic E-state index is 11.1. The minimum absolute atomic E-state index is 0.149. The van der Waals surface area contributed by atoms with Crippen molar-refractivity contribution in [2.75, 3.05) is 13.2 Å². The highest BCUT2D eigenvalue weighted by Gasteiger charge is 2.33. The van der Waals surface area contributed by atoms with E-state index in [-0.39, 0.29) is 30.1 Å². The lowest BCUT2D eigenvalue weighted by Gasteiger charge is -2.29. The summed E-state index contributed by atoms with van der Waals surface area (Å²) in [5.74, 6) is -0.244. The fourth-order valence-corrected chi connectivity index (χ4v) is 3.18. The van der Waals surface area contributed by atoms with Crippen molar-refractivity contribution in [3.8, 4) is 0 Å². The molecule has 1 aromatic rings. The van der Waals surface area contributed by atoms with Gasteiger partial charge in [-0.2, -0.15) is 0 Å². The van der Waals surface area contributed by atoms with Crippen molar-refractivity contribution in [3.63, 3.8) is 0 Å². The first-order chi connectivity index (χ1) is 10.8. The lowest BCUT2D eigenvalue weighted by Crippen LogP contribution is -2.40. The second-order valence-corrected chi connectivity index (χ2v) is 7.49. The van der Waals surface area contributed by atoms with Gasteiger partial charge in [0, 0.05) is 25.6 Å². The van der Waals surface area contributed by atoms with Crippen LogP contribution >= 0.6 is 0 Å². The van der Waals surface area contributed by atoms with Crippen molar-refractivity contribution < 1.29 is 14.6 Å². The van der Waals surface area contributed by atoms with Crippen molar-refractivity contribution in [2.45, 2.75) is 64.6 Å². The highest BCUT2D eigenvalue weighted by atomic mass is 16.5. The minimum atomic E-state index is -0.244. The highest BCUT2D eigenvalue weighted by Crippen LogP contribution is 2.28. The summed E-state index contributed by atoms with van der Waals surface area (Å²) in [5, 5.41) is 9.61. The first-order valence-electron chi connectivity index (χ1n) is 8.40. The summed E-state index contributed by atoms with van der Waals surface area (Å²) >= 11 is 0. The first-order valence-corrected chi connectivity index (χ1v) is 8.40. The van der Waals surface area contributed by atoms with E-state index in [0.717, 1.165) is 19.4 Å². The Balaban J connectivity index is 2.06. The minimum Gasteiger partial charge on any atom is -0.464 e. The molecule has 1 fully saturated rings. The molecule has 4 nitrogen and oxygen atoms in total. The van der Waals surface area contributed by atoms with Gasteiger partial charge >= 0.3 is 5.97 Å². The van der Waals surface area contributed by atoms with E-state index in [9.17, 15) is 9.90 Å². The molecule has 1 saturated heterocycles. The predicted molar refractivity (Wildman–Crippen MR) is 91.2 cm³/mol. The normalized spacial score (nSPS) is 22.3. The molecule has 4 heteroatoms. The third-order valence-corrected chi connectivity index (χ3v) is 4.65. The molecule has 0 aliphatic carbocycles. The van der Waals surface area contributed by atoms with Crippen LogP contribution < -0.4 is 0 Å². The van der Waals surface area contributed by atoms with Gasteiger partial charge in [0.1, 0.15) is 6.61 Å². The van der Waals surface area contributed by atoms with E-state index < -0.39 is 0 Å². The number of carbonyl (C=O) groups is 1. The van der Waals surface area contributed by atoms with Crippen molar-refractivity contribution in [2.24, 2.45) is 0 Å². The lowest BCUT2D eigenvalue weighted by atomic mass is 9.87. The van der Waals surface area contributed by atoms with Crippen molar-refractivity contribution in [3.05, 3.63) is 35.4 Å². The molecule has 0 aromatic heterocycles. The number of aliphatic hydroxyl groups excluding tert-OH is 1. The van der Waals surface area contributed by atoms with Crippen LogP contribution in [0, 0.1) is 0 Å². The summed E-state index contributed by atoms with van der Waals surface area (Å²) in [6.07, 6.45) is 1.90. The number of aliphatic hydroxyl groups is 1. The molecular weight excluding hydrogens is 290 g/mol. The first kappa shape index (κ1) is 18.0. The number of ether oxygens (including phenoxy) is 1. The topological polar surface area (TPSA) is 49.8 Å². The number of rotatable bonds is 5. The number of hydrogen-bond donors (Lipinski definition) is 1. The summed E-state index contributed by atoms with van der Waals surface area (Å²) < 4.78 is 5.19.